The fraction of sp³-hybridized carbons (Fsp3) is 0.500. The van der Waals surface area contributed by atoms with Crippen molar-refractivity contribution in [2.45, 2.75) is 6.92 Å². The molecule has 0 aromatic heterocycles. The van der Waals surface area contributed by atoms with E-state index >= 15 is 0 Å². The first-order chi connectivity index (χ1) is 2.83. The summed E-state index contributed by atoms with van der Waals surface area (Å²) in [7, 11) is 0. The van der Waals surface area contributed by atoms with Gasteiger partial charge in [-0.25, -0.2) is 0 Å². The van der Waals surface area contributed by atoms with Gasteiger partial charge in [-0.2, -0.15) is 0 Å². The Labute approximate surface area is 43.3 Å². The van der Waals surface area contributed by atoms with Crippen molar-refractivity contribution in [3.05, 3.63) is 6.58 Å². The van der Waals surface area contributed by atoms with E-state index in [-0.39, 0.29) is 6.61 Å². The monoisotopic (exact) mass is 104 g/mol. The summed E-state index contributed by atoms with van der Waals surface area (Å²) in [4.78, 5) is 0. The van der Waals surface area contributed by atoms with E-state index in [2.05, 4.69) is 23.8 Å². The molecule has 0 aliphatic carbocycles. The zero-order chi connectivity index (χ0) is 5.41. The molecule has 2 heteroatoms. The van der Waals surface area contributed by atoms with Crippen molar-refractivity contribution in [3.8, 4) is 0 Å². The number of thiocarbonyl (C=S) groups is 1. The fourth-order valence-corrected chi connectivity index (χ4v) is 0. The van der Waals surface area contributed by atoms with Crippen LogP contribution in [0.15, 0.2) is 6.58 Å². The Morgan fingerprint density at radius 2 is 2.00 bits per heavy atom. The summed E-state index contributed by atoms with van der Waals surface area (Å²) in [6.07, 6.45) is 0. The van der Waals surface area contributed by atoms with E-state index in [9.17, 15) is 0 Å². The Kier molecular flexibility index (Phi) is 32.7. The highest BCUT2D eigenvalue weighted by Crippen LogP contribution is 1.30. The first-order valence-electron chi connectivity index (χ1n) is 1.58. The molecule has 0 saturated carbocycles. The summed E-state index contributed by atoms with van der Waals surface area (Å²) in [5.74, 6) is 0. The molecule has 36 valence electrons. The van der Waals surface area contributed by atoms with Crippen molar-refractivity contribution in [2.24, 2.45) is 0 Å². The predicted molar refractivity (Wildman–Crippen MR) is 31.0 cm³/mol. The van der Waals surface area contributed by atoms with E-state index in [0.717, 1.165) is 0 Å². The molecule has 0 amide bonds. The lowest BCUT2D eigenvalue weighted by Gasteiger charge is -1.52. The summed E-state index contributed by atoms with van der Waals surface area (Å²) in [6.45, 7) is 4.98. The van der Waals surface area contributed by atoms with Gasteiger partial charge in [-0.1, -0.05) is 5.02 Å². The van der Waals surface area contributed by atoms with Crippen molar-refractivity contribution in [1.29, 1.82) is 0 Å². The SMILES string of the molecule is C=C=S.CCO. The minimum absolute atomic E-state index is 0.250. The quantitative estimate of drug-likeness (QED) is 0.458. The summed E-state index contributed by atoms with van der Waals surface area (Å²) < 4.78 is 0. The Morgan fingerprint density at radius 1 is 2.00 bits per heavy atom. The third-order valence-electron chi connectivity index (χ3n) is 0. The van der Waals surface area contributed by atoms with E-state index in [1.807, 2.05) is 0 Å². The van der Waals surface area contributed by atoms with Crippen molar-refractivity contribution < 1.29 is 5.11 Å². The van der Waals surface area contributed by atoms with Crippen molar-refractivity contribution >= 4 is 17.2 Å². The normalized spacial score (nSPS) is 4.33. The fourth-order valence-electron chi connectivity index (χ4n) is 0. The van der Waals surface area contributed by atoms with Crippen LogP contribution in [0.25, 0.3) is 0 Å². The maximum Gasteiger partial charge on any atom is 0.0402 e. The van der Waals surface area contributed by atoms with Crippen LogP contribution in [0.4, 0.5) is 0 Å². The van der Waals surface area contributed by atoms with Crippen LogP contribution >= 0.6 is 12.2 Å². The zero-order valence-corrected chi connectivity index (χ0v) is 4.59. The first kappa shape index (κ1) is 9.27. The molecule has 6 heavy (non-hydrogen) atoms. The average Bonchev–Trinajstić information content (AvgIpc) is 1.39. The molecule has 1 nitrogen and oxygen atoms in total. The summed E-state index contributed by atoms with van der Waals surface area (Å²) in [6, 6.07) is 0. The lowest BCUT2D eigenvalue weighted by molar-refractivity contribution is 0.318. The van der Waals surface area contributed by atoms with Gasteiger partial charge in [0.1, 0.15) is 0 Å². The van der Waals surface area contributed by atoms with Crippen molar-refractivity contribution in [3.63, 3.8) is 0 Å². The Balaban J connectivity index is 0. The lowest BCUT2D eigenvalue weighted by atomic mass is 10.9. The molecular formula is C4H8OS. The van der Waals surface area contributed by atoms with E-state index in [4.69, 9.17) is 5.11 Å². The summed E-state index contributed by atoms with van der Waals surface area (Å²) in [5, 5.41) is 9.65. The molecule has 0 aromatic rings. The van der Waals surface area contributed by atoms with Gasteiger partial charge in [-0.05, 0) is 25.7 Å². The average molecular weight is 104 g/mol. The second-order valence-corrected chi connectivity index (χ2v) is 0.749. The lowest BCUT2D eigenvalue weighted by Crippen LogP contribution is -1.57. The molecule has 0 rings (SSSR count). The maximum atomic E-state index is 7.57. The molecule has 0 bridgehead atoms. The Morgan fingerprint density at radius 3 is 2.00 bits per heavy atom. The maximum absolute atomic E-state index is 7.57. The molecule has 0 aliphatic rings. The van der Waals surface area contributed by atoms with Crippen LogP contribution in [0.5, 0.6) is 0 Å². The predicted octanol–water partition coefficient (Wildman–Crippen LogP) is 0.770. The van der Waals surface area contributed by atoms with Crippen LogP contribution in [0.1, 0.15) is 6.92 Å². The molecule has 1 N–H and O–H groups in total. The molecule has 0 radical (unpaired) electrons. The van der Waals surface area contributed by atoms with Gasteiger partial charge >= 0.3 is 0 Å². The van der Waals surface area contributed by atoms with Gasteiger partial charge in [0, 0.05) is 6.61 Å². The van der Waals surface area contributed by atoms with Gasteiger partial charge < -0.3 is 5.11 Å². The highest BCUT2D eigenvalue weighted by atomic mass is 32.1. The molecule has 0 spiro atoms. The number of rotatable bonds is 0. The summed E-state index contributed by atoms with van der Waals surface area (Å²) in [5.41, 5.74) is 0. The van der Waals surface area contributed by atoms with Crippen LogP contribution in [0.2, 0.25) is 0 Å². The molecule has 0 heterocycles. The van der Waals surface area contributed by atoms with Crippen molar-refractivity contribution in [2.75, 3.05) is 6.61 Å². The van der Waals surface area contributed by atoms with Gasteiger partial charge in [0.2, 0.25) is 0 Å². The number of aliphatic hydroxyl groups is 1. The first-order valence-corrected chi connectivity index (χ1v) is 1.99. The van der Waals surface area contributed by atoms with Crippen LogP contribution < -0.4 is 0 Å². The minimum atomic E-state index is 0.250. The van der Waals surface area contributed by atoms with Crippen LogP contribution in [0.3, 0.4) is 0 Å². The summed E-state index contributed by atoms with van der Waals surface area (Å²) >= 11 is 4.03. The second-order valence-electron chi connectivity index (χ2n) is 0.461. The van der Waals surface area contributed by atoms with Gasteiger partial charge in [0.15, 0.2) is 0 Å². The molecule has 0 aliphatic heterocycles. The second kappa shape index (κ2) is 21.2. The zero-order valence-electron chi connectivity index (χ0n) is 3.77. The Bertz CT molecular complexity index is 36.8. The van der Waals surface area contributed by atoms with E-state index in [0.29, 0.717) is 0 Å². The number of aliphatic hydroxyl groups excluding tert-OH is 1. The van der Waals surface area contributed by atoms with E-state index < -0.39 is 0 Å². The molecular weight excluding hydrogens is 96.1 g/mol. The van der Waals surface area contributed by atoms with Gasteiger partial charge in [0.05, 0.1) is 0 Å². The highest BCUT2D eigenvalue weighted by molar-refractivity contribution is 7.78. The van der Waals surface area contributed by atoms with Crippen LogP contribution in [-0.4, -0.2) is 16.7 Å². The van der Waals surface area contributed by atoms with Crippen LogP contribution in [0, 0.1) is 0 Å². The van der Waals surface area contributed by atoms with Gasteiger partial charge in [-0.3, -0.25) is 0 Å². The number of hydrogen-bond acceptors (Lipinski definition) is 2. The third kappa shape index (κ3) is 1060. The van der Waals surface area contributed by atoms with E-state index in [1.165, 1.54) is 0 Å². The molecule has 0 unspecified atom stereocenters. The minimum Gasteiger partial charge on any atom is -0.397 e. The topological polar surface area (TPSA) is 20.2 Å². The largest absolute Gasteiger partial charge is 0.397 e. The highest BCUT2D eigenvalue weighted by Gasteiger charge is 1.34. The number of hydrogen-bond donors (Lipinski definition) is 1. The van der Waals surface area contributed by atoms with Crippen LogP contribution in [-0.2, 0) is 0 Å². The van der Waals surface area contributed by atoms with E-state index in [1.54, 1.807) is 6.92 Å². The Hall–Kier alpha value is -0.170. The molecule has 0 atom stereocenters. The van der Waals surface area contributed by atoms with Gasteiger partial charge in [-0.15, -0.1) is 0 Å². The standard InChI is InChI=1S/C2H6O.C2H2S/c2*1-2-3/h3H,2H2,1H3;1H2. The molecule has 0 aromatic carbocycles. The third-order valence-corrected chi connectivity index (χ3v) is 0. The smallest absolute Gasteiger partial charge is 0.0402 e. The molecule has 0 saturated heterocycles. The van der Waals surface area contributed by atoms with Gasteiger partial charge in [0.25, 0.3) is 0 Å². The van der Waals surface area contributed by atoms with Crippen molar-refractivity contribution in [1.82, 2.24) is 0 Å². The molecule has 0 fully saturated rings.